The number of carbonyl (C=O) groups is 2. The highest BCUT2D eigenvalue weighted by Gasteiger charge is 2.34. The fourth-order valence-electron chi connectivity index (χ4n) is 5.41. The number of benzene rings is 2. The van der Waals surface area contributed by atoms with Gasteiger partial charge in [-0.2, -0.15) is 0 Å². The molecule has 0 aromatic heterocycles. The van der Waals surface area contributed by atoms with Crippen LogP contribution < -0.4 is 0 Å². The third kappa shape index (κ3) is 13.7. The van der Waals surface area contributed by atoms with Crippen LogP contribution in [0.4, 0.5) is 0 Å². The third-order valence-electron chi connectivity index (χ3n) is 8.12. The van der Waals surface area contributed by atoms with Crippen molar-refractivity contribution < 1.29 is 23.8 Å². The predicted octanol–water partition coefficient (Wildman–Crippen LogP) is 8.57. The van der Waals surface area contributed by atoms with E-state index < -0.39 is 4.83 Å². The molecule has 2 aromatic rings. The molecule has 0 amide bonds. The molecule has 228 valence electrons. The van der Waals surface area contributed by atoms with E-state index in [9.17, 15) is 9.59 Å². The van der Waals surface area contributed by atoms with Crippen molar-refractivity contribution in [3.05, 3.63) is 71.8 Å². The highest BCUT2D eigenvalue weighted by molar-refractivity contribution is 9.10. The Kier molecular flexibility index (Phi) is 17.1. The fraction of sp³-hybridized carbons (Fsp3) is 0.600. The summed E-state index contributed by atoms with van der Waals surface area (Å²) in [6.07, 6.45) is 7.16. The number of esters is 1. The Hall–Kier alpha value is -2.02. The van der Waals surface area contributed by atoms with Gasteiger partial charge in [-0.15, -0.1) is 0 Å². The van der Waals surface area contributed by atoms with Crippen molar-refractivity contribution in [3.8, 4) is 0 Å². The number of ether oxygens (including phenoxy) is 3. The largest absolute Gasteiger partial charge is 0.468 e. The van der Waals surface area contributed by atoms with Crippen LogP contribution in [0.1, 0.15) is 83.8 Å². The van der Waals surface area contributed by atoms with Crippen LogP contribution in [0.25, 0.3) is 0 Å². The summed E-state index contributed by atoms with van der Waals surface area (Å²) in [5, 5.41) is 0. The van der Waals surface area contributed by atoms with Crippen molar-refractivity contribution in [1.82, 2.24) is 0 Å². The number of halogens is 1. The van der Waals surface area contributed by atoms with Crippen LogP contribution in [0.3, 0.4) is 0 Å². The lowest BCUT2D eigenvalue weighted by molar-refractivity contribution is -0.141. The van der Waals surface area contributed by atoms with Crippen LogP contribution >= 0.6 is 15.9 Å². The molecule has 5 nitrogen and oxygen atoms in total. The van der Waals surface area contributed by atoms with E-state index in [2.05, 4.69) is 67.9 Å². The van der Waals surface area contributed by atoms with Gasteiger partial charge in [-0.05, 0) is 60.5 Å². The summed E-state index contributed by atoms with van der Waals surface area (Å²) < 4.78 is 18.3. The second-order valence-corrected chi connectivity index (χ2v) is 12.9. The quantitative estimate of drug-likeness (QED) is 0.0785. The summed E-state index contributed by atoms with van der Waals surface area (Å²) in [7, 11) is 1.42. The SMILES string of the molecule is COC(=O)C(Br)C[C@@H](OCc1ccccc1)[C@H](CC(OCc1ccccc1)[C@@H](C)CCC[C@@H](C)CCC=O)C(C)C. The molecule has 0 aliphatic carbocycles. The van der Waals surface area contributed by atoms with Crippen LogP contribution in [-0.4, -0.2) is 36.4 Å². The molecule has 0 aliphatic rings. The highest BCUT2D eigenvalue weighted by Crippen LogP contribution is 2.33. The van der Waals surface area contributed by atoms with E-state index in [0.717, 1.165) is 49.5 Å². The Morgan fingerprint density at radius 1 is 0.805 bits per heavy atom. The van der Waals surface area contributed by atoms with E-state index >= 15 is 0 Å². The standard InChI is InChI=1S/C35H51BrO5/c1-26(2)31(34(23-32(36)35(38)39-5)41-25-30-19-10-7-11-20-30)22-33(40-24-29-17-8-6-9-18-29)28(4)16-12-14-27(3)15-13-21-37/h6-11,17-21,26-28,31-34H,12-16,22-25H2,1-5H3/t27-,28+,31-,32?,33?,34-/m1/s1. The average molecular weight is 632 g/mol. The molecule has 0 saturated heterocycles. The molecule has 0 fully saturated rings. The Morgan fingerprint density at radius 3 is 1.88 bits per heavy atom. The molecular weight excluding hydrogens is 580 g/mol. The zero-order chi connectivity index (χ0) is 30.0. The van der Waals surface area contributed by atoms with Gasteiger partial charge in [0.05, 0.1) is 32.5 Å². The van der Waals surface area contributed by atoms with Crippen molar-refractivity contribution >= 4 is 28.2 Å². The van der Waals surface area contributed by atoms with E-state index in [-0.39, 0.29) is 24.1 Å². The number of hydrogen-bond donors (Lipinski definition) is 0. The van der Waals surface area contributed by atoms with Crippen LogP contribution in [-0.2, 0) is 37.0 Å². The van der Waals surface area contributed by atoms with E-state index in [1.165, 1.54) is 7.11 Å². The van der Waals surface area contributed by atoms with Crippen molar-refractivity contribution in [1.29, 1.82) is 0 Å². The molecule has 6 heteroatoms. The minimum Gasteiger partial charge on any atom is -0.468 e. The maximum Gasteiger partial charge on any atom is 0.319 e. The average Bonchev–Trinajstić information content (AvgIpc) is 2.98. The second-order valence-electron chi connectivity index (χ2n) is 11.8. The summed E-state index contributed by atoms with van der Waals surface area (Å²) in [5.74, 6) is 1.12. The van der Waals surface area contributed by atoms with Crippen molar-refractivity contribution in [2.24, 2.45) is 23.7 Å². The van der Waals surface area contributed by atoms with Gasteiger partial charge in [-0.3, -0.25) is 4.79 Å². The molecule has 6 atom stereocenters. The second kappa shape index (κ2) is 20.0. The molecule has 0 heterocycles. The lowest BCUT2D eigenvalue weighted by Crippen LogP contribution is -2.37. The van der Waals surface area contributed by atoms with Crippen LogP contribution in [0, 0.1) is 23.7 Å². The van der Waals surface area contributed by atoms with Gasteiger partial charge in [-0.25, -0.2) is 0 Å². The first-order valence-electron chi connectivity index (χ1n) is 15.2. The topological polar surface area (TPSA) is 61.8 Å². The van der Waals surface area contributed by atoms with Gasteiger partial charge in [0.1, 0.15) is 11.1 Å². The highest BCUT2D eigenvalue weighted by atomic mass is 79.9. The number of hydrogen-bond acceptors (Lipinski definition) is 5. The van der Waals surface area contributed by atoms with Crippen molar-refractivity contribution in [2.45, 2.75) is 103 Å². The summed E-state index contributed by atoms with van der Waals surface area (Å²) >= 11 is 3.56. The van der Waals surface area contributed by atoms with Crippen LogP contribution in [0.15, 0.2) is 60.7 Å². The number of rotatable bonds is 21. The van der Waals surface area contributed by atoms with E-state index in [1.807, 2.05) is 36.4 Å². The van der Waals surface area contributed by atoms with Gasteiger partial charge in [0.25, 0.3) is 0 Å². The van der Waals surface area contributed by atoms with Crippen molar-refractivity contribution in [3.63, 3.8) is 0 Å². The first kappa shape index (κ1) is 35.2. The van der Waals surface area contributed by atoms with E-state index in [0.29, 0.717) is 43.8 Å². The zero-order valence-electron chi connectivity index (χ0n) is 25.7. The maximum absolute atomic E-state index is 12.4. The van der Waals surface area contributed by atoms with Crippen molar-refractivity contribution in [2.75, 3.05) is 7.11 Å². The van der Waals surface area contributed by atoms with Gasteiger partial charge in [0, 0.05) is 6.42 Å². The monoisotopic (exact) mass is 630 g/mol. The minimum atomic E-state index is -0.441. The van der Waals surface area contributed by atoms with Gasteiger partial charge in [0.2, 0.25) is 0 Å². The molecule has 0 spiro atoms. The smallest absolute Gasteiger partial charge is 0.319 e. The Morgan fingerprint density at radius 2 is 1.37 bits per heavy atom. The molecule has 0 N–H and O–H groups in total. The normalized spacial score (nSPS) is 16.0. The molecular formula is C35H51BrO5. The van der Waals surface area contributed by atoms with Crippen LogP contribution in [0.5, 0.6) is 0 Å². The maximum atomic E-state index is 12.4. The molecule has 2 unspecified atom stereocenters. The molecule has 41 heavy (non-hydrogen) atoms. The number of aldehydes is 1. The van der Waals surface area contributed by atoms with Crippen LogP contribution in [0.2, 0.25) is 0 Å². The van der Waals surface area contributed by atoms with Gasteiger partial charge >= 0.3 is 5.97 Å². The zero-order valence-corrected chi connectivity index (χ0v) is 27.3. The minimum absolute atomic E-state index is 0.0441. The first-order chi connectivity index (χ1) is 19.7. The summed E-state index contributed by atoms with van der Waals surface area (Å²) in [6, 6.07) is 20.5. The number of alkyl halides is 1. The summed E-state index contributed by atoms with van der Waals surface area (Å²) in [4.78, 5) is 22.7. The van der Waals surface area contributed by atoms with E-state index in [1.54, 1.807) is 0 Å². The summed E-state index contributed by atoms with van der Waals surface area (Å²) in [6.45, 7) is 10.1. The third-order valence-corrected chi connectivity index (χ3v) is 8.86. The molecule has 0 radical (unpaired) electrons. The molecule has 0 bridgehead atoms. The first-order valence-corrected chi connectivity index (χ1v) is 16.1. The van der Waals surface area contributed by atoms with Gasteiger partial charge in [-0.1, -0.05) is 117 Å². The lowest BCUT2D eigenvalue weighted by Gasteiger charge is -2.36. The molecule has 2 rings (SSSR count). The fourth-order valence-corrected chi connectivity index (χ4v) is 5.96. The predicted molar refractivity (Wildman–Crippen MR) is 170 cm³/mol. The van der Waals surface area contributed by atoms with Gasteiger partial charge < -0.3 is 19.0 Å². The summed E-state index contributed by atoms with van der Waals surface area (Å²) in [5.41, 5.74) is 2.27. The Labute approximate surface area is 256 Å². The molecule has 0 saturated carbocycles. The van der Waals surface area contributed by atoms with E-state index in [4.69, 9.17) is 14.2 Å². The number of methoxy groups -OCH3 is 1. The molecule has 0 aliphatic heterocycles. The lowest BCUT2D eigenvalue weighted by atomic mass is 9.80. The molecule has 2 aromatic carbocycles. The Balaban J connectivity index is 2.21. The van der Waals surface area contributed by atoms with Gasteiger partial charge in [0.15, 0.2) is 0 Å². The number of carbonyl (C=O) groups excluding carboxylic acids is 2. The Bertz CT molecular complexity index is 967.